The Hall–Kier alpha value is -1.43. The molecule has 2 aromatic heterocycles. The van der Waals surface area contributed by atoms with Crippen molar-refractivity contribution in [3.05, 3.63) is 22.5 Å². The fourth-order valence-electron chi connectivity index (χ4n) is 3.43. The van der Waals surface area contributed by atoms with Crippen LogP contribution in [0.15, 0.2) is 11.1 Å². The summed E-state index contributed by atoms with van der Waals surface area (Å²) in [6, 6.07) is 0. The first kappa shape index (κ1) is 18.4. The minimum atomic E-state index is -1.21. The summed E-state index contributed by atoms with van der Waals surface area (Å²) in [6.45, 7) is 8.80. The summed E-state index contributed by atoms with van der Waals surface area (Å²) >= 11 is 0. The maximum absolute atomic E-state index is 12.0. The number of nitrogens with one attached hydrogen (secondary N) is 1. The third-order valence-electron chi connectivity index (χ3n) is 5.00. The van der Waals surface area contributed by atoms with Crippen molar-refractivity contribution < 1.29 is 9.84 Å². The van der Waals surface area contributed by atoms with Crippen LogP contribution in [0, 0.1) is 12.8 Å². The number of hydrogen-bond donors (Lipinski definition) is 2. The predicted octanol–water partition coefficient (Wildman–Crippen LogP) is 1.81. The van der Waals surface area contributed by atoms with Crippen molar-refractivity contribution in [2.24, 2.45) is 5.92 Å². The minimum absolute atomic E-state index is 0.143. The second kappa shape index (κ2) is 6.08. The quantitative estimate of drug-likeness (QED) is 0.805. The Morgan fingerprint density at radius 3 is 2.84 bits per heavy atom. The van der Waals surface area contributed by atoms with Crippen molar-refractivity contribution in [3.63, 3.8) is 0 Å². The second-order valence-electron chi connectivity index (χ2n) is 8.01. The number of ether oxygens (including phenoxy) is 1. The Kier molecular flexibility index (Phi) is 4.46. The van der Waals surface area contributed by atoms with E-state index < -0.39 is 24.8 Å². The SMILES string of the molecule is C=P(C)(C)CC[C@@]1(C)O[C@@H](n2cnc3c(=O)[nH]c(C)nc32)[C@H](C)[C@@H]1O. The number of aromatic nitrogens is 4. The van der Waals surface area contributed by atoms with Crippen molar-refractivity contribution >= 4 is 24.3 Å². The summed E-state index contributed by atoms with van der Waals surface area (Å²) in [7, 11) is 0. The lowest BCUT2D eigenvalue weighted by molar-refractivity contribution is -0.0911. The molecule has 0 unspecified atom stereocenters. The van der Waals surface area contributed by atoms with E-state index in [1.54, 1.807) is 17.8 Å². The van der Waals surface area contributed by atoms with E-state index in [0.29, 0.717) is 11.5 Å². The first-order chi connectivity index (χ1) is 11.5. The maximum atomic E-state index is 12.0. The Morgan fingerprint density at radius 1 is 1.52 bits per heavy atom. The number of rotatable bonds is 4. The zero-order chi connectivity index (χ0) is 18.6. The molecule has 0 aromatic carbocycles. The predicted molar refractivity (Wildman–Crippen MR) is 102 cm³/mol. The maximum Gasteiger partial charge on any atom is 0.279 e. The number of nitrogens with zero attached hydrogens (tertiary/aromatic N) is 3. The molecule has 3 rings (SSSR count). The van der Waals surface area contributed by atoms with Crippen LogP contribution in [0.1, 0.15) is 32.3 Å². The molecule has 0 bridgehead atoms. The third kappa shape index (κ3) is 3.33. The molecule has 0 radical (unpaired) electrons. The van der Waals surface area contributed by atoms with Gasteiger partial charge in [0.15, 0.2) is 11.2 Å². The fourth-order valence-corrected chi connectivity index (χ4v) is 4.48. The van der Waals surface area contributed by atoms with Gasteiger partial charge in [0.25, 0.3) is 5.56 Å². The number of aliphatic hydroxyl groups excluding tert-OH is 1. The van der Waals surface area contributed by atoms with Crippen LogP contribution in [-0.4, -0.2) is 62.1 Å². The minimum Gasteiger partial charge on any atom is -0.390 e. The van der Waals surface area contributed by atoms with Crippen LogP contribution in [0.25, 0.3) is 11.2 Å². The molecule has 0 spiro atoms. The van der Waals surface area contributed by atoms with Crippen LogP contribution in [-0.2, 0) is 4.74 Å². The second-order valence-corrected chi connectivity index (χ2v) is 12.3. The average molecular weight is 366 g/mol. The summed E-state index contributed by atoms with van der Waals surface area (Å²) in [5.74, 6) is 0.381. The number of aromatic amines is 1. The van der Waals surface area contributed by atoms with Crippen molar-refractivity contribution in [1.29, 1.82) is 0 Å². The van der Waals surface area contributed by atoms with Gasteiger partial charge in [-0.25, -0.2) is 9.97 Å². The summed E-state index contributed by atoms with van der Waals surface area (Å²) in [5, 5.41) is 10.8. The molecule has 3 heterocycles. The van der Waals surface area contributed by atoms with Gasteiger partial charge in [0.1, 0.15) is 12.1 Å². The van der Waals surface area contributed by atoms with Gasteiger partial charge in [0.2, 0.25) is 0 Å². The topological polar surface area (TPSA) is 93.0 Å². The normalized spacial score (nSPS) is 30.2. The molecule has 7 nitrogen and oxygen atoms in total. The molecule has 25 heavy (non-hydrogen) atoms. The molecule has 0 amide bonds. The fraction of sp³-hybridized carbons (Fsp3) is 0.647. The Balaban J connectivity index is 1.96. The van der Waals surface area contributed by atoms with Gasteiger partial charge < -0.3 is 14.8 Å². The van der Waals surface area contributed by atoms with Crippen molar-refractivity contribution in [3.8, 4) is 0 Å². The summed E-state index contributed by atoms with van der Waals surface area (Å²) in [5.41, 5.74) is -0.140. The van der Waals surface area contributed by atoms with Crippen LogP contribution in [0.4, 0.5) is 0 Å². The molecule has 1 aliphatic rings. The molecule has 0 saturated carbocycles. The molecule has 1 saturated heterocycles. The van der Waals surface area contributed by atoms with Crippen molar-refractivity contribution in [2.45, 2.75) is 45.1 Å². The van der Waals surface area contributed by atoms with Gasteiger partial charge in [-0.1, -0.05) is 6.92 Å². The van der Waals surface area contributed by atoms with Gasteiger partial charge in [-0.05, 0) is 39.8 Å². The van der Waals surface area contributed by atoms with Crippen molar-refractivity contribution in [2.75, 3.05) is 19.5 Å². The number of aryl methyl sites for hydroxylation is 1. The van der Waals surface area contributed by atoms with Gasteiger partial charge in [-0.15, -0.1) is 13.2 Å². The number of imidazole rings is 1. The van der Waals surface area contributed by atoms with Gasteiger partial charge in [0.05, 0.1) is 18.0 Å². The van der Waals surface area contributed by atoms with E-state index in [-0.39, 0.29) is 17.0 Å². The molecule has 2 N–H and O–H groups in total. The number of hydrogen-bond acceptors (Lipinski definition) is 5. The largest absolute Gasteiger partial charge is 0.390 e. The van der Waals surface area contributed by atoms with E-state index in [1.165, 1.54) is 0 Å². The highest BCUT2D eigenvalue weighted by atomic mass is 31.2. The molecule has 2 aromatic rings. The lowest BCUT2D eigenvalue weighted by atomic mass is 9.90. The lowest BCUT2D eigenvalue weighted by Crippen LogP contribution is -2.38. The first-order valence-electron chi connectivity index (χ1n) is 8.48. The van der Waals surface area contributed by atoms with Gasteiger partial charge in [0, 0.05) is 5.92 Å². The monoisotopic (exact) mass is 366 g/mol. The molecule has 1 aliphatic heterocycles. The van der Waals surface area contributed by atoms with Gasteiger partial charge >= 0.3 is 0 Å². The summed E-state index contributed by atoms with van der Waals surface area (Å²) < 4.78 is 8.08. The Bertz CT molecular complexity index is 899. The van der Waals surface area contributed by atoms with Gasteiger partial charge in [-0.2, -0.15) is 0 Å². The highest BCUT2D eigenvalue weighted by Gasteiger charge is 2.50. The molecular formula is C17H27N4O3P. The molecule has 4 atom stereocenters. The number of fused-ring (bicyclic) bond motifs is 1. The van der Waals surface area contributed by atoms with E-state index in [0.717, 1.165) is 12.6 Å². The van der Waals surface area contributed by atoms with Crippen LogP contribution >= 0.6 is 6.89 Å². The smallest absolute Gasteiger partial charge is 0.279 e. The first-order valence-corrected chi connectivity index (χ1v) is 11.5. The molecule has 1 fully saturated rings. The molecular weight excluding hydrogens is 339 g/mol. The van der Waals surface area contributed by atoms with E-state index in [2.05, 4.69) is 34.6 Å². The number of H-pyrrole nitrogens is 1. The Labute approximate surface area is 147 Å². The zero-order valence-electron chi connectivity index (χ0n) is 15.5. The van der Waals surface area contributed by atoms with E-state index >= 15 is 0 Å². The summed E-state index contributed by atoms with van der Waals surface area (Å²) in [4.78, 5) is 23.3. The van der Waals surface area contributed by atoms with Gasteiger partial charge in [-0.3, -0.25) is 9.36 Å². The standard InChI is InChI=1S/C17H27N4O3P/c1-10-13(22)17(3,7-8-25(4,5)6)24-16(10)21-9-18-12-14(21)19-11(2)20-15(12)23/h9-10,13,16,22H,4,7-8H2,1-3,5-6H3,(H,19,20,23)/t10-,13+,16-,17-/m1/s1. The highest BCUT2D eigenvalue weighted by molar-refractivity contribution is 7.72. The van der Waals surface area contributed by atoms with Crippen molar-refractivity contribution in [1.82, 2.24) is 19.5 Å². The number of aliphatic hydroxyl groups is 1. The van der Waals surface area contributed by atoms with Crippen LogP contribution in [0.3, 0.4) is 0 Å². The van der Waals surface area contributed by atoms with E-state index in [9.17, 15) is 9.90 Å². The Morgan fingerprint density at radius 2 is 2.20 bits per heavy atom. The van der Waals surface area contributed by atoms with Crippen LogP contribution in [0.5, 0.6) is 0 Å². The van der Waals surface area contributed by atoms with E-state index in [4.69, 9.17) is 4.74 Å². The zero-order valence-corrected chi connectivity index (χ0v) is 16.4. The third-order valence-corrected chi connectivity index (χ3v) is 6.44. The van der Waals surface area contributed by atoms with Crippen LogP contribution in [0.2, 0.25) is 0 Å². The molecule has 0 aliphatic carbocycles. The molecule has 138 valence electrons. The van der Waals surface area contributed by atoms with E-state index in [1.807, 2.05) is 13.8 Å². The van der Waals surface area contributed by atoms with Crippen LogP contribution < -0.4 is 5.56 Å². The lowest BCUT2D eigenvalue weighted by Gasteiger charge is -2.30. The average Bonchev–Trinajstić information content (AvgIpc) is 3.00. The highest BCUT2D eigenvalue weighted by Crippen LogP contribution is 2.47. The molecule has 8 heteroatoms. The summed E-state index contributed by atoms with van der Waals surface area (Å²) in [6.07, 6.45) is 6.50.